The fraction of sp³-hybridized carbons (Fsp3) is 0.312. The number of ether oxygens (including phenoxy) is 1. The van der Waals surface area contributed by atoms with Gasteiger partial charge in [-0.3, -0.25) is 4.79 Å². The second kappa shape index (κ2) is 12.2. The molecule has 0 fully saturated rings. The molecule has 0 saturated carbocycles. The van der Waals surface area contributed by atoms with E-state index in [1.54, 1.807) is 30.4 Å². The van der Waals surface area contributed by atoms with E-state index >= 15 is 0 Å². The van der Waals surface area contributed by atoms with Crippen molar-refractivity contribution < 1.29 is 14.6 Å². The van der Waals surface area contributed by atoms with Gasteiger partial charge in [0.2, 0.25) is 0 Å². The summed E-state index contributed by atoms with van der Waals surface area (Å²) >= 11 is 0. The molecule has 0 heterocycles. The van der Waals surface area contributed by atoms with Gasteiger partial charge in [-0.1, -0.05) is 36.1 Å². The Labute approximate surface area is 114 Å². The summed E-state index contributed by atoms with van der Waals surface area (Å²) in [5, 5.41) is 9.48. The molecule has 0 spiro atoms. The van der Waals surface area contributed by atoms with Crippen LogP contribution >= 0.6 is 0 Å². The van der Waals surface area contributed by atoms with Gasteiger partial charge in [0, 0.05) is 13.3 Å². The van der Waals surface area contributed by atoms with Crippen LogP contribution in [0.4, 0.5) is 0 Å². The maximum absolute atomic E-state index is 10.5. The van der Waals surface area contributed by atoms with Crippen LogP contribution in [-0.2, 0) is 9.53 Å². The summed E-state index contributed by atoms with van der Waals surface area (Å²) in [4.78, 5) is 10.5. The van der Waals surface area contributed by atoms with Gasteiger partial charge in [-0.2, -0.15) is 0 Å². The van der Waals surface area contributed by atoms with Crippen molar-refractivity contribution >= 4 is 5.97 Å². The van der Waals surface area contributed by atoms with Crippen molar-refractivity contribution in [3.05, 3.63) is 36.5 Å². The Morgan fingerprint density at radius 1 is 1.26 bits per heavy atom. The summed E-state index contributed by atoms with van der Waals surface area (Å²) in [6.45, 7) is 3.44. The van der Waals surface area contributed by atoms with E-state index in [9.17, 15) is 9.90 Å². The van der Waals surface area contributed by atoms with Crippen LogP contribution in [0.2, 0.25) is 0 Å². The first kappa shape index (κ1) is 16.8. The summed E-state index contributed by atoms with van der Waals surface area (Å²) in [6.07, 6.45) is 9.94. The molecule has 0 rings (SSSR count). The second-order valence-electron chi connectivity index (χ2n) is 3.48. The summed E-state index contributed by atoms with van der Waals surface area (Å²) in [5.74, 6) is 10.4. The number of hydrogen-bond donors (Lipinski definition) is 1. The summed E-state index contributed by atoms with van der Waals surface area (Å²) < 4.78 is 4.71. The van der Waals surface area contributed by atoms with Crippen LogP contribution in [0.1, 0.15) is 20.3 Å². The first-order chi connectivity index (χ1) is 9.16. The van der Waals surface area contributed by atoms with Gasteiger partial charge in [0.15, 0.2) is 0 Å². The fourth-order valence-corrected chi connectivity index (χ4v) is 0.955. The number of esters is 1. The Kier molecular flexibility index (Phi) is 10.8. The van der Waals surface area contributed by atoms with Crippen LogP contribution in [0.3, 0.4) is 0 Å². The Morgan fingerprint density at radius 2 is 1.95 bits per heavy atom. The molecule has 0 aromatic carbocycles. The molecular weight excluding hydrogens is 240 g/mol. The van der Waals surface area contributed by atoms with Crippen LogP contribution < -0.4 is 0 Å². The van der Waals surface area contributed by atoms with Gasteiger partial charge in [-0.05, 0) is 30.9 Å². The van der Waals surface area contributed by atoms with Crippen molar-refractivity contribution in [1.82, 2.24) is 0 Å². The molecule has 0 saturated heterocycles. The Bertz CT molecular complexity index is 462. The molecule has 0 amide bonds. The third kappa shape index (κ3) is 13.7. The average Bonchev–Trinajstić information content (AvgIpc) is 2.36. The molecule has 0 radical (unpaired) electrons. The van der Waals surface area contributed by atoms with Crippen LogP contribution in [0.15, 0.2) is 36.5 Å². The quantitative estimate of drug-likeness (QED) is 0.466. The zero-order valence-electron chi connectivity index (χ0n) is 11.2. The number of allylic oxidation sites excluding steroid dienone is 5. The maximum atomic E-state index is 10.5. The summed E-state index contributed by atoms with van der Waals surface area (Å²) in [7, 11) is 0. The van der Waals surface area contributed by atoms with E-state index < -0.39 is 6.10 Å². The highest BCUT2D eigenvalue weighted by atomic mass is 16.5. The number of aliphatic hydroxyl groups is 1. The topological polar surface area (TPSA) is 46.5 Å². The van der Waals surface area contributed by atoms with Crippen molar-refractivity contribution in [2.24, 2.45) is 0 Å². The van der Waals surface area contributed by atoms with Gasteiger partial charge in [0.1, 0.15) is 0 Å². The lowest BCUT2D eigenvalue weighted by Gasteiger charge is -2.04. The van der Waals surface area contributed by atoms with Gasteiger partial charge in [0.25, 0.3) is 0 Å². The summed E-state index contributed by atoms with van der Waals surface area (Å²) in [5.41, 5.74) is 0. The molecular formula is C16H18O3. The lowest BCUT2D eigenvalue weighted by molar-refractivity contribution is -0.141. The molecule has 3 nitrogen and oxygen atoms in total. The van der Waals surface area contributed by atoms with E-state index in [1.165, 1.54) is 6.92 Å². The third-order valence-electron chi connectivity index (χ3n) is 1.80. The van der Waals surface area contributed by atoms with Crippen molar-refractivity contribution in [3.63, 3.8) is 0 Å². The Balaban J connectivity index is 3.88. The predicted octanol–water partition coefficient (Wildman–Crippen LogP) is 2.00. The van der Waals surface area contributed by atoms with Crippen molar-refractivity contribution in [1.29, 1.82) is 0 Å². The number of aliphatic hydroxyl groups excluding tert-OH is 1. The number of carbonyl (C=O) groups is 1. The van der Waals surface area contributed by atoms with Gasteiger partial charge in [-0.15, -0.1) is 0 Å². The van der Waals surface area contributed by atoms with E-state index in [-0.39, 0.29) is 12.6 Å². The summed E-state index contributed by atoms with van der Waals surface area (Å²) in [6, 6.07) is 0. The highest BCUT2D eigenvalue weighted by Crippen LogP contribution is 1.95. The van der Waals surface area contributed by atoms with E-state index in [1.807, 2.05) is 13.0 Å². The van der Waals surface area contributed by atoms with E-state index in [0.717, 1.165) is 0 Å². The molecule has 1 atom stereocenters. The molecule has 0 aliphatic carbocycles. The molecule has 19 heavy (non-hydrogen) atoms. The molecule has 3 heteroatoms. The minimum absolute atomic E-state index is 0.213. The number of hydrogen-bond acceptors (Lipinski definition) is 3. The highest BCUT2D eigenvalue weighted by Gasteiger charge is 1.99. The van der Waals surface area contributed by atoms with Crippen LogP contribution in [0, 0.1) is 23.7 Å². The third-order valence-corrected chi connectivity index (χ3v) is 1.80. The minimum Gasteiger partial charge on any atom is -0.466 e. The molecule has 0 aromatic rings. The lowest BCUT2D eigenvalue weighted by atomic mass is 10.2. The molecule has 0 aliphatic rings. The highest BCUT2D eigenvalue weighted by molar-refractivity contribution is 5.65. The predicted molar refractivity (Wildman–Crippen MR) is 75.9 cm³/mol. The van der Waals surface area contributed by atoms with Crippen LogP contribution in [0.5, 0.6) is 0 Å². The normalized spacial score (nSPS) is 11.9. The molecule has 1 N–H and O–H groups in total. The molecule has 0 unspecified atom stereocenters. The Morgan fingerprint density at radius 3 is 2.58 bits per heavy atom. The average molecular weight is 258 g/mol. The van der Waals surface area contributed by atoms with Crippen molar-refractivity contribution in [2.75, 3.05) is 6.61 Å². The number of rotatable bonds is 5. The Hall–Kier alpha value is -2.23. The zero-order chi connectivity index (χ0) is 14.3. The molecule has 0 aliphatic heterocycles. The molecule has 0 aromatic heterocycles. The second-order valence-corrected chi connectivity index (χ2v) is 3.48. The first-order valence-electron chi connectivity index (χ1n) is 5.93. The number of carbonyl (C=O) groups excluding carboxylic acids is 1. The van der Waals surface area contributed by atoms with E-state index in [0.29, 0.717) is 6.42 Å². The van der Waals surface area contributed by atoms with Gasteiger partial charge in [-0.25, -0.2) is 0 Å². The van der Waals surface area contributed by atoms with Crippen molar-refractivity contribution in [3.8, 4) is 23.7 Å². The molecule has 100 valence electrons. The SMILES string of the molecule is C/C=C/C#CC#C/C=C/C=C/[C@H](O)CCOC(C)=O. The van der Waals surface area contributed by atoms with Gasteiger partial charge >= 0.3 is 5.97 Å². The lowest BCUT2D eigenvalue weighted by Crippen LogP contribution is -2.09. The first-order valence-corrected chi connectivity index (χ1v) is 5.93. The zero-order valence-corrected chi connectivity index (χ0v) is 11.2. The fourth-order valence-electron chi connectivity index (χ4n) is 0.955. The van der Waals surface area contributed by atoms with E-state index in [2.05, 4.69) is 23.7 Å². The minimum atomic E-state index is -0.633. The van der Waals surface area contributed by atoms with Gasteiger partial charge < -0.3 is 9.84 Å². The van der Waals surface area contributed by atoms with E-state index in [4.69, 9.17) is 4.74 Å². The largest absolute Gasteiger partial charge is 0.466 e. The standard InChI is InChI=1S/C16H18O3/c1-3-4-5-6-7-8-9-10-11-12-16(18)13-14-19-15(2)17/h3-4,9-12,16,18H,13-14H2,1-2H3/b4-3+,10-9+,12-11+/t16-/m0/s1. The monoisotopic (exact) mass is 258 g/mol. The molecule has 0 bridgehead atoms. The van der Waals surface area contributed by atoms with Crippen LogP contribution in [-0.4, -0.2) is 23.8 Å². The van der Waals surface area contributed by atoms with Crippen molar-refractivity contribution in [2.45, 2.75) is 26.4 Å². The maximum Gasteiger partial charge on any atom is 0.302 e. The van der Waals surface area contributed by atoms with Crippen LogP contribution in [0.25, 0.3) is 0 Å². The van der Waals surface area contributed by atoms with Gasteiger partial charge in [0.05, 0.1) is 12.7 Å². The smallest absolute Gasteiger partial charge is 0.302 e.